The lowest BCUT2D eigenvalue weighted by Gasteiger charge is -2.23. The van der Waals surface area contributed by atoms with Gasteiger partial charge in [-0.1, -0.05) is 20.3 Å². The molecule has 0 radical (unpaired) electrons. The van der Waals surface area contributed by atoms with Crippen LogP contribution in [0.3, 0.4) is 0 Å². The van der Waals surface area contributed by atoms with Crippen LogP contribution in [0.2, 0.25) is 0 Å². The molecule has 1 aromatic heterocycles. The van der Waals surface area contributed by atoms with E-state index in [9.17, 15) is 4.79 Å². The molecule has 2 amide bonds. The molecule has 2 rings (SSSR count). The van der Waals surface area contributed by atoms with Crippen LogP contribution in [-0.2, 0) is 6.54 Å². The van der Waals surface area contributed by atoms with Crippen LogP contribution >= 0.6 is 0 Å². The van der Waals surface area contributed by atoms with Crippen molar-refractivity contribution in [2.24, 2.45) is 5.92 Å². The monoisotopic (exact) mass is 277 g/mol. The van der Waals surface area contributed by atoms with Gasteiger partial charge in [-0.2, -0.15) is 0 Å². The fourth-order valence-electron chi connectivity index (χ4n) is 2.39. The molecule has 1 aliphatic rings. The first-order valence-electron chi connectivity index (χ1n) is 7.14. The molecule has 1 fully saturated rings. The van der Waals surface area contributed by atoms with Crippen molar-refractivity contribution in [1.29, 1.82) is 0 Å². The van der Waals surface area contributed by atoms with E-state index in [2.05, 4.69) is 29.5 Å². The van der Waals surface area contributed by atoms with Gasteiger partial charge in [0.05, 0.1) is 7.11 Å². The minimum atomic E-state index is -0.0985. The van der Waals surface area contributed by atoms with Crippen molar-refractivity contribution in [2.45, 2.75) is 45.2 Å². The van der Waals surface area contributed by atoms with Crippen LogP contribution in [0, 0.1) is 5.92 Å². The lowest BCUT2D eigenvalue weighted by Crippen LogP contribution is -2.46. The lowest BCUT2D eigenvalue weighted by atomic mass is 9.97. The van der Waals surface area contributed by atoms with Crippen LogP contribution in [0.5, 0.6) is 5.88 Å². The van der Waals surface area contributed by atoms with Crippen molar-refractivity contribution >= 4 is 6.03 Å². The van der Waals surface area contributed by atoms with Crippen molar-refractivity contribution in [3.8, 4) is 5.88 Å². The predicted octanol–water partition coefficient (Wildman–Crippen LogP) is 2.47. The van der Waals surface area contributed by atoms with Gasteiger partial charge in [0.2, 0.25) is 5.88 Å². The Kier molecular flexibility index (Phi) is 4.47. The summed E-state index contributed by atoms with van der Waals surface area (Å²) in [5, 5.41) is 6.01. The zero-order valence-corrected chi connectivity index (χ0v) is 12.4. The summed E-state index contributed by atoms with van der Waals surface area (Å²) in [6, 6.07) is 3.59. The Morgan fingerprint density at radius 2 is 2.30 bits per heavy atom. The number of nitrogens with zero attached hydrogens (tertiary/aromatic N) is 1. The molecule has 0 spiro atoms. The molecule has 1 aromatic rings. The summed E-state index contributed by atoms with van der Waals surface area (Å²) in [5.41, 5.74) is 0.995. The first-order chi connectivity index (χ1) is 9.59. The Balaban J connectivity index is 1.83. The molecule has 5 heteroatoms. The first-order valence-corrected chi connectivity index (χ1v) is 7.14. The molecule has 20 heavy (non-hydrogen) atoms. The molecule has 0 aliphatic heterocycles. The average Bonchev–Trinajstić information content (AvgIpc) is 3.25. The summed E-state index contributed by atoms with van der Waals surface area (Å²) in [7, 11) is 1.58. The highest BCUT2D eigenvalue weighted by Crippen LogP contribution is 2.43. The summed E-state index contributed by atoms with van der Waals surface area (Å²) in [6.07, 6.45) is 4.92. The summed E-state index contributed by atoms with van der Waals surface area (Å²) >= 11 is 0. The third kappa shape index (κ3) is 3.40. The number of amides is 2. The van der Waals surface area contributed by atoms with Crippen LogP contribution < -0.4 is 15.4 Å². The largest absolute Gasteiger partial charge is 0.481 e. The van der Waals surface area contributed by atoms with E-state index in [4.69, 9.17) is 4.74 Å². The van der Waals surface area contributed by atoms with Crippen LogP contribution in [0.4, 0.5) is 4.79 Å². The number of hydrogen-bond donors (Lipinski definition) is 2. The van der Waals surface area contributed by atoms with Gasteiger partial charge in [-0.25, -0.2) is 9.78 Å². The molecule has 0 saturated heterocycles. The fraction of sp³-hybridized carbons (Fsp3) is 0.600. The highest BCUT2D eigenvalue weighted by atomic mass is 16.5. The standard InChI is InChI=1S/C15H23N3O2/c1-4-11(2)15(6-7-15)18-14(19)17-10-12-5-8-16-13(9-12)20-3/h5,8-9,11H,4,6-7,10H2,1-3H3,(H2,17,18,19). The topological polar surface area (TPSA) is 63.2 Å². The first kappa shape index (κ1) is 14.6. The molecule has 110 valence electrons. The van der Waals surface area contributed by atoms with E-state index in [0.29, 0.717) is 18.3 Å². The van der Waals surface area contributed by atoms with Crippen molar-refractivity contribution in [2.75, 3.05) is 7.11 Å². The number of carbonyl (C=O) groups excluding carboxylic acids is 1. The number of hydrogen-bond acceptors (Lipinski definition) is 3. The van der Waals surface area contributed by atoms with Gasteiger partial charge in [-0.05, 0) is 30.4 Å². The molecule has 1 aliphatic carbocycles. The molecule has 1 atom stereocenters. The smallest absolute Gasteiger partial charge is 0.315 e. The number of pyridine rings is 1. The van der Waals surface area contributed by atoms with Crippen LogP contribution in [0.15, 0.2) is 18.3 Å². The third-order valence-corrected chi connectivity index (χ3v) is 4.17. The van der Waals surface area contributed by atoms with Gasteiger partial charge < -0.3 is 15.4 Å². The van der Waals surface area contributed by atoms with E-state index in [1.807, 2.05) is 12.1 Å². The van der Waals surface area contributed by atoms with Crippen molar-refractivity contribution in [1.82, 2.24) is 15.6 Å². The Bertz CT molecular complexity index is 472. The van der Waals surface area contributed by atoms with Crippen molar-refractivity contribution < 1.29 is 9.53 Å². The average molecular weight is 277 g/mol. The second kappa shape index (κ2) is 6.11. The quantitative estimate of drug-likeness (QED) is 0.839. The Morgan fingerprint density at radius 1 is 1.55 bits per heavy atom. The van der Waals surface area contributed by atoms with Crippen LogP contribution in [-0.4, -0.2) is 23.7 Å². The van der Waals surface area contributed by atoms with Crippen molar-refractivity contribution in [3.63, 3.8) is 0 Å². The molecule has 5 nitrogen and oxygen atoms in total. The fourth-order valence-corrected chi connectivity index (χ4v) is 2.39. The minimum Gasteiger partial charge on any atom is -0.481 e. The van der Waals surface area contributed by atoms with Gasteiger partial charge >= 0.3 is 6.03 Å². The van der Waals surface area contributed by atoms with Gasteiger partial charge in [0, 0.05) is 24.3 Å². The number of nitrogens with one attached hydrogen (secondary N) is 2. The maximum Gasteiger partial charge on any atom is 0.315 e. The van der Waals surface area contributed by atoms with E-state index in [1.54, 1.807) is 13.3 Å². The van der Waals surface area contributed by atoms with E-state index < -0.39 is 0 Å². The van der Waals surface area contributed by atoms with Gasteiger partial charge in [0.25, 0.3) is 0 Å². The van der Waals surface area contributed by atoms with Gasteiger partial charge in [-0.15, -0.1) is 0 Å². The number of carbonyl (C=O) groups is 1. The van der Waals surface area contributed by atoms with Gasteiger partial charge in [-0.3, -0.25) is 0 Å². The van der Waals surface area contributed by atoms with Crippen LogP contribution in [0.25, 0.3) is 0 Å². The van der Waals surface area contributed by atoms with Gasteiger partial charge in [0.1, 0.15) is 0 Å². The third-order valence-electron chi connectivity index (χ3n) is 4.17. The summed E-state index contributed by atoms with van der Waals surface area (Å²) in [4.78, 5) is 16.0. The van der Waals surface area contributed by atoms with E-state index in [0.717, 1.165) is 24.8 Å². The SMILES string of the molecule is CCC(C)C1(NC(=O)NCc2ccnc(OC)c2)CC1. The Morgan fingerprint density at radius 3 is 2.90 bits per heavy atom. The second-order valence-electron chi connectivity index (χ2n) is 5.48. The highest BCUT2D eigenvalue weighted by Gasteiger charge is 2.47. The molecule has 1 heterocycles. The number of ether oxygens (including phenoxy) is 1. The summed E-state index contributed by atoms with van der Waals surface area (Å²) in [5.74, 6) is 1.08. The molecule has 1 unspecified atom stereocenters. The van der Waals surface area contributed by atoms with E-state index in [1.165, 1.54) is 0 Å². The minimum absolute atomic E-state index is 0.0226. The van der Waals surface area contributed by atoms with E-state index in [-0.39, 0.29) is 11.6 Å². The molecule has 2 N–H and O–H groups in total. The lowest BCUT2D eigenvalue weighted by molar-refractivity contribution is 0.228. The summed E-state index contributed by atoms with van der Waals surface area (Å²) in [6.45, 7) is 4.83. The van der Waals surface area contributed by atoms with E-state index >= 15 is 0 Å². The Hall–Kier alpha value is -1.78. The zero-order chi connectivity index (χ0) is 14.6. The second-order valence-corrected chi connectivity index (χ2v) is 5.48. The predicted molar refractivity (Wildman–Crippen MR) is 77.6 cm³/mol. The number of methoxy groups -OCH3 is 1. The maximum atomic E-state index is 12.0. The molecular weight excluding hydrogens is 254 g/mol. The Labute approximate surface area is 120 Å². The number of urea groups is 1. The normalized spacial score (nSPS) is 17.1. The molecular formula is C15H23N3O2. The van der Waals surface area contributed by atoms with Crippen molar-refractivity contribution in [3.05, 3.63) is 23.9 Å². The molecule has 0 aromatic carbocycles. The van der Waals surface area contributed by atoms with Crippen LogP contribution in [0.1, 0.15) is 38.7 Å². The summed E-state index contributed by atoms with van der Waals surface area (Å²) < 4.78 is 5.06. The number of aromatic nitrogens is 1. The maximum absolute atomic E-state index is 12.0. The molecule has 1 saturated carbocycles. The highest BCUT2D eigenvalue weighted by molar-refractivity contribution is 5.75. The number of rotatable bonds is 6. The van der Waals surface area contributed by atoms with Gasteiger partial charge in [0.15, 0.2) is 0 Å². The zero-order valence-electron chi connectivity index (χ0n) is 12.4. The molecule has 0 bridgehead atoms.